The second kappa shape index (κ2) is 5.11. The first-order valence-electron chi connectivity index (χ1n) is 4.53. The van der Waals surface area contributed by atoms with Crippen LogP contribution in [-0.2, 0) is 9.53 Å². The third kappa shape index (κ3) is 2.94. The molecule has 6 heteroatoms. The van der Waals surface area contributed by atoms with Crippen LogP contribution in [-0.4, -0.2) is 42.7 Å². The lowest BCUT2D eigenvalue weighted by molar-refractivity contribution is -0.135. The minimum atomic E-state index is -0.965. The molecule has 0 saturated carbocycles. The van der Waals surface area contributed by atoms with Gasteiger partial charge >= 0.3 is 11.9 Å². The Morgan fingerprint density at radius 1 is 1.50 bits per heavy atom. The van der Waals surface area contributed by atoms with Crippen LogP contribution in [0.15, 0.2) is 18.2 Å². The normalized spacial score (nSPS) is 9.62. The van der Waals surface area contributed by atoms with Gasteiger partial charge < -0.3 is 14.7 Å². The standard InChI is InChI=1S/C10H12N2O4/c1-12(6-9(13)14)8-5-3-4-7(11-8)10(15)16-2/h3-5H,6H2,1-2H3,(H,13,14). The van der Waals surface area contributed by atoms with Gasteiger partial charge in [-0.05, 0) is 12.1 Å². The quantitative estimate of drug-likeness (QED) is 0.745. The highest BCUT2D eigenvalue weighted by Gasteiger charge is 2.11. The van der Waals surface area contributed by atoms with Crippen LogP contribution in [0.2, 0.25) is 0 Å². The van der Waals surface area contributed by atoms with Crippen molar-refractivity contribution in [2.75, 3.05) is 25.6 Å². The summed E-state index contributed by atoms with van der Waals surface area (Å²) < 4.78 is 4.52. The molecule has 1 aromatic rings. The number of hydrogen-bond donors (Lipinski definition) is 1. The van der Waals surface area contributed by atoms with Crippen molar-refractivity contribution in [1.82, 2.24) is 4.98 Å². The number of carbonyl (C=O) groups is 2. The molecule has 0 saturated heterocycles. The fourth-order valence-electron chi connectivity index (χ4n) is 1.14. The Hall–Kier alpha value is -2.11. The van der Waals surface area contributed by atoms with Crippen LogP contribution >= 0.6 is 0 Å². The Bertz CT molecular complexity index is 406. The van der Waals surface area contributed by atoms with Crippen molar-refractivity contribution in [3.05, 3.63) is 23.9 Å². The first-order valence-corrected chi connectivity index (χ1v) is 4.53. The van der Waals surface area contributed by atoms with Crippen molar-refractivity contribution in [3.8, 4) is 0 Å². The molecular formula is C10H12N2O4. The Morgan fingerprint density at radius 3 is 2.75 bits per heavy atom. The topological polar surface area (TPSA) is 79.7 Å². The number of aromatic nitrogens is 1. The van der Waals surface area contributed by atoms with Gasteiger partial charge in [-0.1, -0.05) is 6.07 Å². The highest BCUT2D eigenvalue weighted by Crippen LogP contribution is 2.09. The van der Waals surface area contributed by atoms with Gasteiger partial charge in [0.25, 0.3) is 0 Å². The molecule has 0 fully saturated rings. The number of pyridine rings is 1. The van der Waals surface area contributed by atoms with Gasteiger partial charge in [-0.2, -0.15) is 0 Å². The maximum absolute atomic E-state index is 11.2. The maximum Gasteiger partial charge on any atom is 0.356 e. The van der Waals surface area contributed by atoms with E-state index in [1.807, 2.05) is 0 Å². The molecule has 0 radical (unpaired) electrons. The molecule has 86 valence electrons. The number of aliphatic carboxylic acids is 1. The van der Waals surface area contributed by atoms with Crippen LogP contribution in [0, 0.1) is 0 Å². The van der Waals surface area contributed by atoms with Crippen molar-refractivity contribution in [1.29, 1.82) is 0 Å². The number of carbonyl (C=O) groups excluding carboxylic acids is 1. The largest absolute Gasteiger partial charge is 0.480 e. The van der Waals surface area contributed by atoms with Gasteiger partial charge in [0, 0.05) is 7.05 Å². The van der Waals surface area contributed by atoms with Gasteiger partial charge in [-0.15, -0.1) is 0 Å². The lowest BCUT2D eigenvalue weighted by Gasteiger charge is -2.15. The Balaban J connectivity index is 2.89. The fourth-order valence-corrected chi connectivity index (χ4v) is 1.14. The molecule has 6 nitrogen and oxygen atoms in total. The zero-order chi connectivity index (χ0) is 12.1. The maximum atomic E-state index is 11.2. The van der Waals surface area contributed by atoms with E-state index in [1.165, 1.54) is 18.1 Å². The first-order chi connectivity index (χ1) is 7.54. The third-order valence-corrected chi connectivity index (χ3v) is 1.89. The van der Waals surface area contributed by atoms with E-state index in [0.29, 0.717) is 5.82 Å². The van der Waals surface area contributed by atoms with Gasteiger partial charge in [-0.3, -0.25) is 4.79 Å². The van der Waals surface area contributed by atoms with Gasteiger partial charge in [0.1, 0.15) is 12.4 Å². The monoisotopic (exact) mass is 224 g/mol. The van der Waals surface area contributed by atoms with Crippen LogP contribution in [0.3, 0.4) is 0 Å². The molecule has 0 aliphatic rings. The molecule has 1 rings (SSSR count). The van der Waals surface area contributed by atoms with E-state index < -0.39 is 11.9 Å². The summed E-state index contributed by atoms with van der Waals surface area (Å²) >= 11 is 0. The summed E-state index contributed by atoms with van der Waals surface area (Å²) in [5.74, 6) is -1.11. The van der Waals surface area contributed by atoms with Gasteiger partial charge in [0.2, 0.25) is 0 Å². The SMILES string of the molecule is COC(=O)c1cccc(N(C)CC(=O)O)n1. The van der Waals surface area contributed by atoms with E-state index in [4.69, 9.17) is 5.11 Å². The van der Waals surface area contributed by atoms with E-state index >= 15 is 0 Å². The molecule has 0 unspecified atom stereocenters. The number of ether oxygens (including phenoxy) is 1. The van der Waals surface area contributed by atoms with Crippen molar-refractivity contribution in [3.63, 3.8) is 0 Å². The molecule has 16 heavy (non-hydrogen) atoms. The third-order valence-electron chi connectivity index (χ3n) is 1.89. The second-order valence-corrected chi connectivity index (χ2v) is 3.12. The van der Waals surface area contributed by atoms with E-state index in [9.17, 15) is 9.59 Å². The second-order valence-electron chi connectivity index (χ2n) is 3.12. The van der Waals surface area contributed by atoms with Crippen molar-refractivity contribution in [2.24, 2.45) is 0 Å². The van der Waals surface area contributed by atoms with Crippen LogP contribution in [0.25, 0.3) is 0 Å². The van der Waals surface area contributed by atoms with Gasteiger partial charge in [-0.25, -0.2) is 9.78 Å². The molecule has 0 aromatic carbocycles. The molecule has 0 aliphatic heterocycles. The Labute approximate surface area is 92.5 Å². The van der Waals surface area contributed by atoms with Crippen molar-refractivity contribution in [2.45, 2.75) is 0 Å². The molecule has 1 heterocycles. The number of anilines is 1. The number of esters is 1. The summed E-state index contributed by atoms with van der Waals surface area (Å²) in [6, 6.07) is 4.74. The fraction of sp³-hybridized carbons (Fsp3) is 0.300. The van der Waals surface area contributed by atoms with Gasteiger partial charge in [0.05, 0.1) is 7.11 Å². The molecule has 1 N–H and O–H groups in total. The average molecular weight is 224 g/mol. The highest BCUT2D eigenvalue weighted by molar-refractivity contribution is 5.87. The van der Waals surface area contributed by atoms with E-state index in [1.54, 1.807) is 19.2 Å². The minimum absolute atomic E-state index is 0.150. The van der Waals surface area contributed by atoms with Crippen molar-refractivity contribution >= 4 is 17.8 Å². The number of likely N-dealkylation sites (N-methyl/N-ethyl adjacent to an activating group) is 1. The first kappa shape index (κ1) is 12.0. The summed E-state index contributed by atoms with van der Waals surface area (Å²) in [6.45, 7) is -0.183. The van der Waals surface area contributed by atoms with Crippen LogP contribution in [0.5, 0.6) is 0 Å². The average Bonchev–Trinajstić information content (AvgIpc) is 2.27. The Morgan fingerprint density at radius 2 is 2.19 bits per heavy atom. The zero-order valence-electron chi connectivity index (χ0n) is 9.01. The molecular weight excluding hydrogens is 212 g/mol. The number of rotatable bonds is 4. The lowest BCUT2D eigenvalue weighted by atomic mass is 10.3. The number of hydrogen-bond acceptors (Lipinski definition) is 5. The summed E-state index contributed by atoms with van der Waals surface area (Å²) in [5.41, 5.74) is 0.150. The molecule has 1 aromatic heterocycles. The number of carboxylic acid groups (broad SMARTS) is 1. The smallest absolute Gasteiger partial charge is 0.356 e. The van der Waals surface area contributed by atoms with Crippen molar-refractivity contribution < 1.29 is 19.4 Å². The van der Waals surface area contributed by atoms with Crippen LogP contribution in [0.1, 0.15) is 10.5 Å². The highest BCUT2D eigenvalue weighted by atomic mass is 16.5. The molecule has 0 aliphatic carbocycles. The molecule has 0 atom stereocenters. The minimum Gasteiger partial charge on any atom is -0.480 e. The lowest BCUT2D eigenvalue weighted by Crippen LogP contribution is -2.26. The summed E-state index contributed by atoms with van der Waals surface area (Å²) in [4.78, 5) is 27.1. The molecule has 0 bridgehead atoms. The van der Waals surface area contributed by atoms with E-state index in [-0.39, 0.29) is 12.2 Å². The van der Waals surface area contributed by atoms with Gasteiger partial charge in [0.15, 0.2) is 5.69 Å². The molecule has 0 spiro atoms. The number of nitrogens with zero attached hydrogens (tertiary/aromatic N) is 2. The predicted octanol–water partition coefficient (Wildman–Crippen LogP) is 0.389. The van der Waals surface area contributed by atoms with E-state index in [2.05, 4.69) is 9.72 Å². The summed E-state index contributed by atoms with van der Waals surface area (Å²) in [5, 5.41) is 8.61. The predicted molar refractivity (Wildman–Crippen MR) is 56.5 cm³/mol. The van der Waals surface area contributed by atoms with Crippen LogP contribution < -0.4 is 4.90 Å². The summed E-state index contributed by atoms with van der Waals surface area (Å²) in [6.07, 6.45) is 0. The molecule has 0 amide bonds. The Kier molecular flexibility index (Phi) is 3.82. The summed E-state index contributed by atoms with van der Waals surface area (Å²) in [7, 11) is 2.84. The zero-order valence-corrected chi connectivity index (χ0v) is 9.01. The van der Waals surface area contributed by atoms with E-state index in [0.717, 1.165) is 0 Å². The van der Waals surface area contributed by atoms with Crippen LogP contribution in [0.4, 0.5) is 5.82 Å². The number of methoxy groups -OCH3 is 1. The number of carboxylic acids is 1.